The summed E-state index contributed by atoms with van der Waals surface area (Å²) in [6.07, 6.45) is 0.983. The molecule has 0 fully saturated rings. The first-order chi connectivity index (χ1) is 11.7. The standard InChI is InChI=1S/C18H21ClN2O3S/c1-4-12(2)14-5-8-16(9-6-14)25(23,24)21-20-13(3)17-11-15(19)7-10-18(17)22/h5-12,21-22H,4H2,1-3H3/b20-13+/t12-/m1/s1. The molecule has 0 amide bonds. The Morgan fingerprint density at radius 2 is 1.88 bits per heavy atom. The van der Waals surface area contributed by atoms with Crippen molar-refractivity contribution >= 4 is 27.3 Å². The van der Waals surface area contributed by atoms with E-state index in [0.717, 1.165) is 12.0 Å². The normalized spacial score (nSPS) is 13.5. The van der Waals surface area contributed by atoms with Gasteiger partial charge in [0.15, 0.2) is 0 Å². The molecule has 2 rings (SSSR count). The van der Waals surface area contributed by atoms with Crippen LogP contribution in [0.1, 0.15) is 44.2 Å². The van der Waals surface area contributed by atoms with Gasteiger partial charge in [0.05, 0.1) is 10.6 Å². The number of phenolic OH excluding ortho intramolecular Hbond substituents is 1. The molecule has 0 unspecified atom stereocenters. The van der Waals surface area contributed by atoms with Crippen molar-refractivity contribution in [1.29, 1.82) is 0 Å². The average molecular weight is 381 g/mol. The number of halogens is 1. The van der Waals surface area contributed by atoms with Gasteiger partial charge in [-0.25, -0.2) is 0 Å². The van der Waals surface area contributed by atoms with Crippen LogP contribution in [0.4, 0.5) is 0 Å². The number of hydrogen-bond donors (Lipinski definition) is 2. The minimum Gasteiger partial charge on any atom is -0.507 e. The molecule has 0 radical (unpaired) electrons. The molecule has 134 valence electrons. The Balaban J connectivity index is 2.22. The first kappa shape index (κ1) is 19.3. The van der Waals surface area contributed by atoms with Gasteiger partial charge in [-0.2, -0.15) is 18.4 Å². The highest BCUT2D eigenvalue weighted by molar-refractivity contribution is 7.89. The lowest BCUT2D eigenvalue weighted by molar-refractivity contribution is 0.474. The van der Waals surface area contributed by atoms with E-state index in [1.54, 1.807) is 19.1 Å². The molecule has 2 aromatic carbocycles. The summed E-state index contributed by atoms with van der Waals surface area (Å²) in [5.41, 5.74) is 1.76. The van der Waals surface area contributed by atoms with Gasteiger partial charge in [0.2, 0.25) is 0 Å². The highest BCUT2D eigenvalue weighted by atomic mass is 35.5. The highest BCUT2D eigenvalue weighted by Crippen LogP contribution is 2.23. The molecule has 2 N–H and O–H groups in total. The van der Waals surface area contributed by atoms with Gasteiger partial charge in [0.25, 0.3) is 10.0 Å². The predicted octanol–water partition coefficient (Wildman–Crippen LogP) is 4.26. The molecule has 2 aromatic rings. The van der Waals surface area contributed by atoms with E-state index in [4.69, 9.17) is 11.6 Å². The Morgan fingerprint density at radius 1 is 1.24 bits per heavy atom. The van der Waals surface area contributed by atoms with Gasteiger partial charge in [-0.3, -0.25) is 0 Å². The van der Waals surface area contributed by atoms with Gasteiger partial charge >= 0.3 is 0 Å². The van der Waals surface area contributed by atoms with Crippen LogP contribution in [-0.4, -0.2) is 19.2 Å². The second-order valence-electron chi connectivity index (χ2n) is 5.83. The number of hydrazone groups is 1. The number of hydrogen-bond acceptors (Lipinski definition) is 4. The summed E-state index contributed by atoms with van der Waals surface area (Å²) < 4.78 is 24.7. The topological polar surface area (TPSA) is 78.8 Å². The molecule has 1 atom stereocenters. The van der Waals surface area contributed by atoms with Crippen LogP contribution in [0.3, 0.4) is 0 Å². The van der Waals surface area contributed by atoms with Gasteiger partial charge in [-0.05, 0) is 55.2 Å². The van der Waals surface area contributed by atoms with Crippen molar-refractivity contribution in [2.24, 2.45) is 5.10 Å². The van der Waals surface area contributed by atoms with Crippen molar-refractivity contribution < 1.29 is 13.5 Å². The van der Waals surface area contributed by atoms with E-state index < -0.39 is 10.0 Å². The Kier molecular flexibility index (Phi) is 6.08. The summed E-state index contributed by atoms with van der Waals surface area (Å²) in [5.74, 6) is 0.346. The largest absolute Gasteiger partial charge is 0.507 e. The molecule has 0 heterocycles. The highest BCUT2D eigenvalue weighted by Gasteiger charge is 2.14. The number of nitrogens with zero attached hydrogens (tertiary/aromatic N) is 1. The summed E-state index contributed by atoms with van der Waals surface area (Å²) in [7, 11) is -3.79. The van der Waals surface area contributed by atoms with Crippen LogP contribution in [0.25, 0.3) is 0 Å². The van der Waals surface area contributed by atoms with Crippen LogP contribution in [0.15, 0.2) is 52.5 Å². The molecule has 7 heteroatoms. The molecule has 0 aromatic heterocycles. The zero-order valence-electron chi connectivity index (χ0n) is 14.3. The van der Waals surface area contributed by atoms with Crippen LogP contribution in [-0.2, 0) is 10.0 Å². The van der Waals surface area contributed by atoms with Gasteiger partial charge in [0.1, 0.15) is 5.75 Å². The van der Waals surface area contributed by atoms with E-state index in [-0.39, 0.29) is 10.6 Å². The van der Waals surface area contributed by atoms with E-state index in [0.29, 0.717) is 22.2 Å². The van der Waals surface area contributed by atoms with Crippen LogP contribution in [0, 0.1) is 0 Å². The number of sulfonamides is 1. The molecule has 0 saturated heterocycles. The van der Waals surface area contributed by atoms with Crippen LogP contribution in [0.5, 0.6) is 5.75 Å². The number of rotatable bonds is 6. The summed E-state index contributed by atoms with van der Waals surface area (Å²) >= 11 is 5.89. The lowest BCUT2D eigenvalue weighted by Gasteiger charge is -2.10. The zero-order chi connectivity index (χ0) is 18.6. The van der Waals surface area contributed by atoms with Crippen molar-refractivity contribution in [3.05, 3.63) is 58.6 Å². The Bertz CT molecular complexity index is 878. The van der Waals surface area contributed by atoms with Gasteiger partial charge in [0, 0.05) is 10.6 Å². The SMILES string of the molecule is CC[C@@H](C)c1ccc(S(=O)(=O)N/N=C(\C)c2cc(Cl)ccc2O)cc1. The van der Waals surface area contributed by atoms with Crippen molar-refractivity contribution in [3.8, 4) is 5.75 Å². The third-order valence-corrected chi connectivity index (χ3v) is 5.51. The summed E-state index contributed by atoms with van der Waals surface area (Å²) in [6.45, 7) is 5.76. The molecular weight excluding hydrogens is 360 g/mol. The fourth-order valence-corrected chi connectivity index (χ4v) is 3.28. The summed E-state index contributed by atoms with van der Waals surface area (Å²) in [6, 6.07) is 11.2. The van der Waals surface area contributed by atoms with Crippen molar-refractivity contribution in [2.75, 3.05) is 0 Å². The monoisotopic (exact) mass is 380 g/mol. The minimum atomic E-state index is -3.79. The quantitative estimate of drug-likeness (QED) is 0.580. The molecule has 25 heavy (non-hydrogen) atoms. The second kappa shape index (κ2) is 7.89. The molecule has 0 aliphatic carbocycles. The second-order valence-corrected chi connectivity index (χ2v) is 7.93. The number of benzene rings is 2. The Hall–Kier alpha value is -2.05. The summed E-state index contributed by atoms with van der Waals surface area (Å²) in [4.78, 5) is 2.32. The maximum atomic E-state index is 12.4. The third kappa shape index (κ3) is 4.74. The number of nitrogens with one attached hydrogen (secondary N) is 1. The Morgan fingerprint density at radius 3 is 2.48 bits per heavy atom. The lowest BCUT2D eigenvalue weighted by Crippen LogP contribution is -2.20. The molecule has 0 spiro atoms. The van der Waals surface area contributed by atoms with E-state index in [1.165, 1.54) is 18.2 Å². The zero-order valence-corrected chi connectivity index (χ0v) is 15.9. The molecule has 0 bridgehead atoms. The Labute approximate surface area is 153 Å². The van der Waals surface area contributed by atoms with E-state index in [9.17, 15) is 13.5 Å². The van der Waals surface area contributed by atoms with Gasteiger partial charge in [-0.15, -0.1) is 0 Å². The fraction of sp³-hybridized carbons (Fsp3) is 0.278. The van der Waals surface area contributed by atoms with Gasteiger partial charge < -0.3 is 5.11 Å². The molecular formula is C18H21ClN2O3S. The van der Waals surface area contributed by atoms with Crippen molar-refractivity contribution in [3.63, 3.8) is 0 Å². The summed E-state index contributed by atoms with van der Waals surface area (Å²) in [5, 5.41) is 14.1. The van der Waals surface area contributed by atoms with E-state index in [1.807, 2.05) is 12.1 Å². The van der Waals surface area contributed by atoms with E-state index in [2.05, 4.69) is 23.8 Å². The van der Waals surface area contributed by atoms with Crippen LogP contribution < -0.4 is 4.83 Å². The first-order valence-electron chi connectivity index (χ1n) is 7.89. The lowest BCUT2D eigenvalue weighted by atomic mass is 9.99. The maximum Gasteiger partial charge on any atom is 0.276 e. The molecule has 0 saturated carbocycles. The molecule has 0 aliphatic heterocycles. The van der Waals surface area contributed by atoms with E-state index >= 15 is 0 Å². The van der Waals surface area contributed by atoms with Crippen molar-refractivity contribution in [1.82, 2.24) is 4.83 Å². The minimum absolute atomic E-state index is 0.0252. The van der Waals surface area contributed by atoms with Crippen LogP contribution >= 0.6 is 11.6 Å². The first-order valence-corrected chi connectivity index (χ1v) is 9.75. The van der Waals surface area contributed by atoms with Gasteiger partial charge in [-0.1, -0.05) is 37.6 Å². The molecule has 0 aliphatic rings. The molecule has 5 nitrogen and oxygen atoms in total. The smallest absolute Gasteiger partial charge is 0.276 e. The van der Waals surface area contributed by atoms with Crippen molar-refractivity contribution in [2.45, 2.75) is 38.0 Å². The average Bonchev–Trinajstić information content (AvgIpc) is 2.61. The maximum absolute atomic E-state index is 12.4. The third-order valence-electron chi connectivity index (χ3n) is 4.05. The van der Waals surface area contributed by atoms with Crippen LogP contribution in [0.2, 0.25) is 5.02 Å². The fourth-order valence-electron chi connectivity index (χ4n) is 2.25. The predicted molar refractivity (Wildman–Crippen MR) is 101 cm³/mol. The number of aromatic hydroxyl groups is 1. The number of phenols is 1.